The van der Waals surface area contributed by atoms with E-state index in [0.717, 1.165) is 18.4 Å². The van der Waals surface area contributed by atoms with Crippen LogP contribution in [-0.2, 0) is 16.0 Å². The summed E-state index contributed by atoms with van der Waals surface area (Å²) in [6, 6.07) is 4.63. The molecule has 0 aliphatic heterocycles. The minimum Gasteiger partial charge on any atom is -0.465 e. The summed E-state index contributed by atoms with van der Waals surface area (Å²) in [4.78, 5) is 23.8. The summed E-state index contributed by atoms with van der Waals surface area (Å²) in [5.41, 5.74) is 2.48. The summed E-state index contributed by atoms with van der Waals surface area (Å²) in [6.07, 6.45) is 6.07. The number of esters is 1. The second kappa shape index (κ2) is 9.49. The molecule has 0 saturated heterocycles. The molecule has 8 heteroatoms. The summed E-state index contributed by atoms with van der Waals surface area (Å²) < 4.78 is 26.3. The molecule has 30 heavy (non-hydrogen) atoms. The standard InChI is InChI=1S/C22H25FN4O3/c1-5-6-7-8-14-11-18(25-20(14)24-2)21-26-17-12-15(22(28)30-4)16(23)13-19(17)27(21)9-10-29-3/h7-8,11-13,25H,2,5-6,9-10H2,1,3-4H3/b8-7-. The van der Waals surface area contributed by atoms with Gasteiger partial charge in [-0.25, -0.2) is 19.2 Å². The van der Waals surface area contributed by atoms with E-state index in [1.165, 1.54) is 19.2 Å². The molecule has 0 fully saturated rings. The number of halogens is 1. The second-order valence-corrected chi connectivity index (χ2v) is 6.73. The molecule has 158 valence electrons. The van der Waals surface area contributed by atoms with Crippen molar-refractivity contribution in [3.63, 3.8) is 0 Å². The van der Waals surface area contributed by atoms with Gasteiger partial charge in [-0.1, -0.05) is 25.5 Å². The fourth-order valence-electron chi connectivity index (χ4n) is 3.24. The smallest absolute Gasteiger partial charge is 0.340 e. The first kappa shape index (κ1) is 21.4. The number of unbranched alkanes of at least 4 members (excludes halogenated alkanes) is 1. The van der Waals surface area contributed by atoms with E-state index in [9.17, 15) is 9.18 Å². The van der Waals surface area contributed by atoms with Gasteiger partial charge in [0.2, 0.25) is 0 Å². The van der Waals surface area contributed by atoms with Crippen molar-refractivity contribution in [1.29, 1.82) is 0 Å². The van der Waals surface area contributed by atoms with Gasteiger partial charge in [-0.15, -0.1) is 0 Å². The number of allylic oxidation sites excluding steroid dienone is 1. The van der Waals surface area contributed by atoms with Gasteiger partial charge < -0.3 is 19.0 Å². The molecule has 3 rings (SSSR count). The van der Waals surface area contributed by atoms with Crippen molar-refractivity contribution >= 4 is 35.6 Å². The van der Waals surface area contributed by atoms with Crippen LogP contribution in [-0.4, -0.2) is 48.0 Å². The minimum atomic E-state index is -0.747. The number of ether oxygens (including phenoxy) is 2. The van der Waals surface area contributed by atoms with Gasteiger partial charge >= 0.3 is 5.97 Å². The highest BCUT2D eigenvalue weighted by Gasteiger charge is 2.20. The van der Waals surface area contributed by atoms with E-state index in [-0.39, 0.29) is 5.56 Å². The van der Waals surface area contributed by atoms with Crippen LogP contribution in [0.15, 0.2) is 29.3 Å². The number of carbonyl (C=O) groups excluding carboxylic acids is 1. The molecule has 0 amide bonds. The Kier molecular flexibility index (Phi) is 6.79. The van der Waals surface area contributed by atoms with E-state index in [1.54, 1.807) is 7.11 Å². The number of methoxy groups -OCH3 is 2. The molecular weight excluding hydrogens is 387 g/mol. The van der Waals surface area contributed by atoms with Crippen molar-refractivity contribution in [1.82, 2.24) is 14.5 Å². The number of fused-ring (bicyclic) bond motifs is 1. The monoisotopic (exact) mass is 412 g/mol. The molecule has 7 nitrogen and oxygen atoms in total. The molecule has 0 saturated carbocycles. The van der Waals surface area contributed by atoms with Crippen molar-refractivity contribution in [2.45, 2.75) is 26.3 Å². The summed E-state index contributed by atoms with van der Waals surface area (Å²) in [7, 11) is 2.81. The number of nitrogens with zero attached hydrogens (tertiary/aromatic N) is 3. The Hall–Kier alpha value is -3.26. The van der Waals surface area contributed by atoms with Gasteiger partial charge in [-0.05, 0) is 25.3 Å². The number of hydrogen-bond donors (Lipinski definition) is 1. The highest BCUT2D eigenvalue weighted by atomic mass is 19.1. The van der Waals surface area contributed by atoms with E-state index < -0.39 is 11.8 Å². The molecular formula is C22H25FN4O3. The van der Waals surface area contributed by atoms with E-state index in [1.807, 2.05) is 16.7 Å². The van der Waals surface area contributed by atoms with E-state index in [4.69, 9.17) is 4.74 Å². The van der Waals surface area contributed by atoms with Crippen LogP contribution in [0.3, 0.4) is 0 Å². The molecule has 0 aliphatic rings. The van der Waals surface area contributed by atoms with E-state index in [0.29, 0.717) is 41.5 Å². The van der Waals surface area contributed by atoms with Gasteiger partial charge in [0.15, 0.2) is 5.82 Å². The van der Waals surface area contributed by atoms with Crippen LogP contribution in [0.1, 0.15) is 35.7 Å². The van der Waals surface area contributed by atoms with E-state index >= 15 is 0 Å². The number of carbonyl (C=O) groups is 1. The molecule has 2 aromatic heterocycles. The lowest BCUT2D eigenvalue weighted by atomic mass is 10.2. The van der Waals surface area contributed by atoms with Gasteiger partial charge in [0, 0.05) is 25.3 Å². The first-order valence-corrected chi connectivity index (χ1v) is 9.67. The third-order valence-corrected chi connectivity index (χ3v) is 4.74. The minimum absolute atomic E-state index is 0.156. The summed E-state index contributed by atoms with van der Waals surface area (Å²) in [5, 5.41) is 0. The Bertz CT molecular complexity index is 1100. The maximum absolute atomic E-state index is 14.6. The number of rotatable bonds is 9. The molecule has 2 heterocycles. The van der Waals surface area contributed by atoms with E-state index in [2.05, 4.69) is 39.4 Å². The number of aromatic nitrogens is 3. The number of imidazole rings is 1. The SMILES string of the molecule is C=Nc1[nH]c(-c2nc3cc(C(=O)OC)c(F)cc3n2CCOC)cc1/C=C\CCC. The molecule has 0 bridgehead atoms. The largest absolute Gasteiger partial charge is 0.465 e. The molecule has 3 aromatic rings. The second-order valence-electron chi connectivity index (χ2n) is 6.73. The number of nitrogens with one attached hydrogen (secondary N) is 1. The topological polar surface area (TPSA) is 81.5 Å². The summed E-state index contributed by atoms with van der Waals surface area (Å²) >= 11 is 0. The van der Waals surface area contributed by atoms with Crippen LogP contribution >= 0.6 is 0 Å². The molecule has 0 spiro atoms. The molecule has 0 aliphatic carbocycles. The molecule has 1 N–H and O–H groups in total. The third kappa shape index (κ3) is 4.18. The zero-order chi connectivity index (χ0) is 21.7. The highest BCUT2D eigenvalue weighted by molar-refractivity contribution is 5.94. The van der Waals surface area contributed by atoms with Crippen molar-refractivity contribution in [3.8, 4) is 11.5 Å². The lowest BCUT2D eigenvalue weighted by Gasteiger charge is -2.08. The van der Waals surface area contributed by atoms with Gasteiger partial charge in [-0.3, -0.25) is 0 Å². The van der Waals surface area contributed by atoms with Crippen LogP contribution in [0.5, 0.6) is 0 Å². The Morgan fingerprint density at radius 3 is 2.83 bits per heavy atom. The summed E-state index contributed by atoms with van der Waals surface area (Å²) in [5.74, 6) is -0.195. The third-order valence-electron chi connectivity index (χ3n) is 4.74. The lowest BCUT2D eigenvalue weighted by Crippen LogP contribution is -2.07. The Labute approximate surface area is 174 Å². The number of H-pyrrole nitrogens is 1. The summed E-state index contributed by atoms with van der Waals surface area (Å²) in [6.45, 7) is 6.61. The number of aliphatic imine (C=N–C) groups is 1. The predicted octanol–water partition coefficient (Wildman–Crippen LogP) is 4.75. The number of benzene rings is 1. The fraction of sp³-hybridized carbons (Fsp3) is 0.318. The average Bonchev–Trinajstić information content (AvgIpc) is 3.32. The Balaban J connectivity index is 2.16. The zero-order valence-electron chi connectivity index (χ0n) is 17.4. The van der Waals surface area contributed by atoms with Crippen molar-refractivity contribution in [3.05, 3.63) is 41.2 Å². The van der Waals surface area contributed by atoms with Crippen LogP contribution in [0.4, 0.5) is 10.2 Å². The van der Waals surface area contributed by atoms with Crippen LogP contribution in [0, 0.1) is 5.82 Å². The molecule has 0 atom stereocenters. The highest BCUT2D eigenvalue weighted by Crippen LogP contribution is 2.31. The fourth-order valence-corrected chi connectivity index (χ4v) is 3.24. The molecule has 0 unspecified atom stereocenters. The van der Waals surface area contributed by atoms with Crippen molar-refractivity contribution < 1.29 is 18.7 Å². The Morgan fingerprint density at radius 1 is 1.37 bits per heavy atom. The molecule has 1 aromatic carbocycles. The molecule has 0 radical (unpaired) electrons. The first-order valence-electron chi connectivity index (χ1n) is 9.67. The normalized spacial score (nSPS) is 11.5. The van der Waals surface area contributed by atoms with Gasteiger partial charge in [0.05, 0.1) is 36.0 Å². The van der Waals surface area contributed by atoms with Gasteiger partial charge in [-0.2, -0.15) is 0 Å². The van der Waals surface area contributed by atoms with Gasteiger partial charge in [0.1, 0.15) is 11.6 Å². The predicted molar refractivity (Wildman–Crippen MR) is 116 cm³/mol. The maximum atomic E-state index is 14.6. The average molecular weight is 412 g/mol. The first-order chi connectivity index (χ1) is 14.5. The van der Waals surface area contributed by atoms with Crippen LogP contribution in [0.25, 0.3) is 28.6 Å². The zero-order valence-corrected chi connectivity index (χ0v) is 17.4. The number of aromatic amines is 1. The van der Waals surface area contributed by atoms with Crippen molar-refractivity contribution in [2.75, 3.05) is 20.8 Å². The quantitative estimate of drug-likeness (QED) is 0.406. The van der Waals surface area contributed by atoms with Gasteiger partial charge in [0.25, 0.3) is 0 Å². The Morgan fingerprint density at radius 2 is 2.17 bits per heavy atom. The van der Waals surface area contributed by atoms with Crippen LogP contribution < -0.4 is 0 Å². The van der Waals surface area contributed by atoms with Crippen molar-refractivity contribution in [2.24, 2.45) is 4.99 Å². The van der Waals surface area contributed by atoms with Crippen LogP contribution in [0.2, 0.25) is 0 Å². The maximum Gasteiger partial charge on any atom is 0.340 e. The number of hydrogen-bond acceptors (Lipinski definition) is 5. The lowest BCUT2D eigenvalue weighted by molar-refractivity contribution is 0.0595.